The van der Waals surface area contributed by atoms with Gasteiger partial charge in [0, 0.05) is 5.56 Å². The van der Waals surface area contributed by atoms with Crippen molar-refractivity contribution in [3.05, 3.63) is 23.3 Å². The van der Waals surface area contributed by atoms with Crippen LogP contribution in [0.25, 0.3) is 0 Å². The summed E-state index contributed by atoms with van der Waals surface area (Å²) < 4.78 is 24.1. The quantitative estimate of drug-likeness (QED) is 0.880. The first-order valence-corrected chi connectivity index (χ1v) is 5.00. The molecule has 0 aliphatic carbocycles. The van der Waals surface area contributed by atoms with E-state index in [9.17, 15) is 9.18 Å². The van der Waals surface area contributed by atoms with Gasteiger partial charge in [0.2, 0.25) is 5.67 Å². The zero-order chi connectivity index (χ0) is 13.2. The Bertz CT molecular complexity index is 440. The lowest BCUT2D eigenvalue weighted by atomic mass is 9.93. The number of rotatable bonds is 4. The Kier molecular flexibility index (Phi) is 3.60. The molecule has 0 aromatic heterocycles. The lowest BCUT2D eigenvalue weighted by Crippen LogP contribution is -2.27. The van der Waals surface area contributed by atoms with E-state index in [4.69, 9.17) is 14.6 Å². The average Bonchev–Trinajstić information content (AvgIpc) is 2.27. The van der Waals surface area contributed by atoms with E-state index in [1.54, 1.807) is 13.0 Å². The number of aliphatic carboxylic acids is 1. The fraction of sp³-hybridized carbons (Fsp3) is 0.417. The van der Waals surface area contributed by atoms with Crippen molar-refractivity contribution in [2.75, 3.05) is 14.2 Å². The second-order valence-electron chi connectivity index (χ2n) is 3.83. The zero-order valence-electron chi connectivity index (χ0n) is 10.2. The maximum absolute atomic E-state index is 14.1. The lowest BCUT2D eigenvalue weighted by Gasteiger charge is -2.20. The van der Waals surface area contributed by atoms with Crippen molar-refractivity contribution in [3.63, 3.8) is 0 Å². The molecule has 1 atom stereocenters. The van der Waals surface area contributed by atoms with Crippen molar-refractivity contribution in [3.8, 4) is 11.5 Å². The number of methoxy groups -OCH3 is 2. The first kappa shape index (κ1) is 13.3. The molecule has 1 aromatic rings. The van der Waals surface area contributed by atoms with Crippen molar-refractivity contribution in [1.82, 2.24) is 0 Å². The first-order valence-electron chi connectivity index (χ1n) is 5.00. The molecule has 0 spiro atoms. The number of alkyl halides is 1. The van der Waals surface area contributed by atoms with E-state index in [-0.39, 0.29) is 5.56 Å². The average molecular weight is 242 g/mol. The van der Waals surface area contributed by atoms with Crippen LogP contribution in [0.5, 0.6) is 11.5 Å². The zero-order valence-corrected chi connectivity index (χ0v) is 10.2. The maximum Gasteiger partial charge on any atom is 0.345 e. The minimum absolute atomic E-state index is 0.0580. The van der Waals surface area contributed by atoms with Gasteiger partial charge >= 0.3 is 5.97 Å². The van der Waals surface area contributed by atoms with Crippen LogP contribution in [-0.2, 0) is 10.5 Å². The molecule has 0 fully saturated rings. The van der Waals surface area contributed by atoms with Gasteiger partial charge in [-0.2, -0.15) is 0 Å². The highest BCUT2D eigenvalue weighted by Gasteiger charge is 2.37. The van der Waals surface area contributed by atoms with E-state index < -0.39 is 11.6 Å². The molecule has 0 aliphatic heterocycles. The second-order valence-corrected chi connectivity index (χ2v) is 3.83. The van der Waals surface area contributed by atoms with Crippen molar-refractivity contribution < 1.29 is 23.8 Å². The summed E-state index contributed by atoms with van der Waals surface area (Å²) in [5.74, 6) is -0.791. The summed E-state index contributed by atoms with van der Waals surface area (Å²) in [6, 6.07) is 2.90. The Morgan fingerprint density at radius 2 is 1.76 bits per heavy atom. The molecule has 94 valence electrons. The molecule has 1 unspecified atom stereocenters. The fourth-order valence-corrected chi connectivity index (χ4v) is 1.60. The number of hydrogen-bond donors (Lipinski definition) is 1. The summed E-state index contributed by atoms with van der Waals surface area (Å²) in [6.45, 7) is 2.63. The summed E-state index contributed by atoms with van der Waals surface area (Å²) in [5, 5.41) is 8.86. The minimum Gasteiger partial charge on any atom is -0.493 e. The van der Waals surface area contributed by atoms with Gasteiger partial charge in [-0.05, 0) is 31.5 Å². The first-order chi connectivity index (χ1) is 7.84. The topological polar surface area (TPSA) is 55.8 Å². The summed E-state index contributed by atoms with van der Waals surface area (Å²) in [7, 11) is 2.87. The number of halogens is 1. The number of benzene rings is 1. The van der Waals surface area contributed by atoms with Crippen LogP contribution in [0.4, 0.5) is 4.39 Å². The lowest BCUT2D eigenvalue weighted by molar-refractivity contribution is -0.150. The van der Waals surface area contributed by atoms with Gasteiger partial charge in [0.1, 0.15) is 0 Å². The molecule has 4 nitrogen and oxygen atoms in total. The maximum atomic E-state index is 14.1. The van der Waals surface area contributed by atoms with Gasteiger partial charge < -0.3 is 14.6 Å². The molecule has 1 aromatic carbocycles. The minimum atomic E-state index is -2.45. The standard InChI is InChI=1S/C12H15FO4/c1-7-5-9(16-3)10(17-4)6-8(7)12(2,13)11(14)15/h5-6H,1-4H3,(H,14,15). The van der Waals surface area contributed by atoms with Gasteiger partial charge in [-0.3, -0.25) is 0 Å². The normalized spacial score (nSPS) is 13.9. The van der Waals surface area contributed by atoms with Gasteiger partial charge in [0.05, 0.1) is 14.2 Å². The van der Waals surface area contributed by atoms with Crippen LogP contribution in [0.1, 0.15) is 18.1 Å². The third-order valence-electron chi connectivity index (χ3n) is 2.64. The highest BCUT2D eigenvalue weighted by Crippen LogP contribution is 2.37. The van der Waals surface area contributed by atoms with Crippen LogP contribution in [0.2, 0.25) is 0 Å². The van der Waals surface area contributed by atoms with Crippen molar-refractivity contribution in [2.24, 2.45) is 0 Å². The van der Waals surface area contributed by atoms with Gasteiger partial charge in [-0.1, -0.05) is 0 Å². The molecule has 0 aliphatic rings. The molecule has 0 radical (unpaired) electrons. The highest BCUT2D eigenvalue weighted by atomic mass is 19.1. The number of aryl methyl sites for hydroxylation is 1. The van der Waals surface area contributed by atoms with E-state index in [1.807, 2.05) is 0 Å². The van der Waals surface area contributed by atoms with E-state index in [1.165, 1.54) is 20.3 Å². The predicted molar refractivity (Wildman–Crippen MR) is 60.4 cm³/mol. The van der Waals surface area contributed by atoms with Crippen molar-refractivity contribution >= 4 is 5.97 Å². The van der Waals surface area contributed by atoms with Crippen molar-refractivity contribution in [1.29, 1.82) is 0 Å². The van der Waals surface area contributed by atoms with Gasteiger partial charge in [0.15, 0.2) is 11.5 Å². The third-order valence-corrected chi connectivity index (χ3v) is 2.64. The Morgan fingerprint density at radius 1 is 1.29 bits per heavy atom. The molecular weight excluding hydrogens is 227 g/mol. The van der Waals surface area contributed by atoms with Gasteiger partial charge in [-0.15, -0.1) is 0 Å². The molecule has 17 heavy (non-hydrogen) atoms. The Hall–Kier alpha value is -1.78. The monoisotopic (exact) mass is 242 g/mol. The summed E-state index contributed by atoms with van der Waals surface area (Å²) >= 11 is 0. The van der Waals surface area contributed by atoms with Crippen LogP contribution in [0.3, 0.4) is 0 Å². The number of hydrogen-bond acceptors (Lipinski definition) is 3. The van der Waals surface area contributed by atoms with Gasteiger partial charge in [0.25, 0.3) is 0 Å². The molecule has 0 bridgehead atoms. The van der Waals surface area contributed by atoms with E-state index >= 15 is 0 Å². The number of carboxylic acid groups (broad SMARTS) is 1. The van der Waals surface area contributed by atoms with Crippen molar-refractivity contribution in [2.45, 2.75) is 19.5 Å². The molecule has 1 rings (SSSR count). The van der Waals surface area contributed by atoms with Crippen LogP contribution < -0.4 is 9.47 Å². The molecule has 0 heterocycles. The molecular formula is C12H15FO4. The van der Waals surface area contributed by atoms with Gasteiger partial charge in [-0.25, -0.2) is 9.18 Å². The van der Waals surface area contributed by atoms with E-state index in [0.717, 1.165) is 6.92 Å². The van der Waals surface area contributed by atoms with Crippen LogP contribution >= 0.6 is 0 Å². The van der Waals surface area contributed by atoms with E-state index in [2.05, 4.69) is 0 Å². The number of carbonyl (C=O) groups is 1. The Morgan fingerprint density at radius 3 is 2.18 bits per heavy atom. The molecule has 0 saturated carbocycles. The number of carboxylic acids is 1. The summed E-state index contributed by atoms with van der Waals surface area (Å²) in [4.78, 5) is 10.9. The third kappa shape index (κ3) is 2.33. The van der Waals surface area contributed by atoms with Crippen LogP contribution in [0.15, 0.2) is 12.1 Å². The molecule has 1 N–H and O–H groups in total. The SMILES string of the molecule is COc1cc(C)c(C(C)(F)C(=O)O)cc1OC. The summed E-state index contributed by atoms with van der Waals surface area (Å²) in [6.07, 6.45) is 0. The molecule has 0 saturated heterocycles. The van der Waals surface area contributed by atoms with Crippen LogP contribution in [0, 0.1) is 6.92 Å². The largest absolute Gasteiger partial charge is 0.493 e. The molecule has 0 amide bonds. The van der Waals surface area contributed by atoms with E-state index in [0.29, 0.717) is 17.1 Å². The predicted octanol–water partition coefficient (Wildman–Crippen LogP) is 2.28. The smallest absolute Gasteiger partial charge is 0.345 e. The number of ether oxygens (including phenoxy) is 2. The Balaban J connectivity index is 3.41. The second kappa shape index (κ2) is 4.61. The van der Waals surface area contributed by atoms with Crippen LogP contribution in [-0.4, -0.2) is 25.3 Å². The molecule has 5 heteroatoms. The Labute approximate surface area is 99.0 Å². The summed E-state index contributed by atoms with van der Waals surface area (Å²) in [5.41, 5.74) is -1.90. The fourth-order valence-electron chi connectivity index (χ4n) is 1.60. The highest BCUT2D eigenvalue weighted by molar-refractivity contribution is 5.79.